The molecule has 35 heavy (non-hydrogen) atoms. The quantitative estimate of drug-likeness (QED) is 0.312. The molecule has 4 rings (SSSR count). The van der Waals surface area contributed by atoms with Gasteiger partial charge in [0, 0.05) is 11.4 Å². The van der Waals surface area contributed by atoms with E-state index >= 15 is 0 Å². The Morgan fingerprint density at radius 3 is 2.23 bits per heavy atom. The van der Waals surface area contributed by atoms with E-state index in [2.05, 4.69) is 36.5 Å². The van der Waals surface area contributed by atoms with Gasteiger partial charge in [-0.3, -0.25) is 14.5 Å². The van der Waals surface area contributed by atoms with Gasteiger partial charge in [0.2, 0.25) is 5.91 Å². The fourth-order valence-electron chi connectivity index (χ4n) is 3.95. The highest BCUT2D eigenvalue weighted by molar-refractivity contribution is 8.05. The number of nitrogens with zero attached hydrogens (tertiary/aromatic N) is 2. The molecule has 1 N–H and O–H groups in total. The molecule has 1 aliphatic rings. The zero-order chi connectivity index (χ0) is 24.6. The van der Waals surface area contributed by atoms with E-state index in [1.807, 2.05) is 54.6 Å². The van der Waals surface area contributed by atoms with E-state index in [1.165, 1.54) is 22.2 Å². The summed E-state index contributed by atoms with van der Waals surface area (Å²) < 4.78 is 0. The van der Waals surface area contributed by atoms with Crippen LogP contribution in [0.5, 0.6) is 0 Å². The summed E-state index contributed by atoms with van der Waals surface area (Å²) in [4.78, 5) is 28.1. The minimum atomic E-state index is -0.532. The molecule has 1 unspecified atom stereocenters. The molecule has 3 aromatic rings. The molecule has 0 aliphatic carbocycles. The lowest BCUT2D eigenvalue weighted by Gasteiger charge is -2.18. The minimum Gasteiger partial charge on any atom is -0.321 e. The SMILES string of the molecule is CCCCc1ccc(CC2S/C(=C(\C#N)C(=O)Nc3ccccc3)N(c3ccccc3)C2=O)cc1. The topological polar surface area (TPSA) is 73.2 Å². The van der Waals surface area contributed by atoms with Crippen LogP contribution < -0.4 is 10.2 Å². The van der Waals surface area contributed by atoms with Crippen LogP contribution in [0.4, 0.5) is 11.4 Å². The van der Waals surface area contributed by atoms with Crippen LogP contribution in [-0.2, 0) is 22.4 Å². The van der Waals surface area contributed by atoms with E-state index in [-0.39, 0.29) is 11.5 Å². The predicted octanol–water partition coefficient (Wildman–Crippen LogP) is 6.09. The van der Waals surface area contributed by atoms with Crippen molar-refractivity contribution in [3.8, 4) is 6.07 Å². The van der Waals surface area contributed by atoms with Crippen molar-refractivity contribution in [2.24, 2.45) is 0 Å². The van der Waals surface area contributed by atoms with Gasteiger partial charge >= 0.3 is 0 Å². The van der Waals surface area contributed by atoms with Crippen LogP contribution in [0.15, 0.2) is 95.5 Å². The standard InChI is InChI=1S/C29H27N3O2S/c1-2-3-10-21-15-17-22(18-16-21)19-26-28(34)32(24-13-8-5-9-14-24)29(35-26)25(20-30)27(33)31-23-11-6-4-7-12-23/h4-9,11-18,26H,2-3,10,19H2,1H3,(H,31,33)/b29-25+. The lowest BCUT2D eigenvalue weighted by molar-refractivity contribution is -0.117. The van der Waals surface area contributed by atoms with Crippen molar-refractivity contribution in [2.75, 3.05) is 10.2 Å². The maximum atomic E-state index is 13.6. The summed E-state index contributed by atoms with van der Waals surface area (Å²) in [5.74, 6) is -0.664. The summed E-state index contributed by atoms with van der Waals surface area (Å²) in [5, 5.41) is 12.6. The Bertz CT molecular complexity index is 1250. The predicted molar refractivity (Wildman–Crippen MR) is 142 cm³/mol. The second kappa shape index (κ2) is 11.5. The molecule has 5 nitrogen and oxygen atoms in total. The third-order valence-corrected chi connectivity index (χ3v) is 7.08. The van der Waals surface area contributed by atoms with Gasteiger partial charge < -0.3 is 5.32 Å². The van der Waals surface area contributed by atoms with E-state index in [4.69, 9.17) is 0 Å². The number of para-hydroxylation sites is 2. The number of rotatable bonds is 8. The van der Waals surface area contributed by atoms with E-state index in [0.29, 0.717) is 22.8 Å². The van der Waals surface area contributed by atoms with Gasteiger partial charge in [-0.15, -0.1) is 0 Å². The summed E-state index contributed by atoms with van der Waals surface area (Å²) in [6.45, 7) is 2.18. The van der Waals surface area contributed by atoms with Crippen LogP contribution >= 0.6 is 11.8 Å². The molecular formula is C29H27N3O2S. The number of carbonyl (C=O) groups is 2. The Balaban J connectivity index is 1.63. The molecule has 3 aromatic carbocycles. The average molecular weight is 482 g/mol. The summed E-state index contributed by atoms with van der Waals surface area (Å²) in [6.07, 6.45) is 3.87. The molecule has 1 atom stereocenters. The Kier molecular flexibility index (Phi) is 8.02. The van der Waals surface area contributed by atoms with Gasteiger partial charge in [0.25, 0.3) is 5.91 Å². The van der Waals surface area contributed by atoms with Crippen LogP contribution in [0.2, 0.25) is 0 Å². The zero-order valence-electron chi connectivity index (χ0n) is 19.6. The summed E-state index contributed by atoms with van der Waals surface area (Å²) in [7, 11) is 0. The van der Waals surface area contributed by atoms with Crippen molar-refractivity contribution in [3.05, 3.63) is 107 Å². The number of unbranched alkanes of at least 4 members (excludes halogenated alkanes) is 1. The highest BCUT2D eigenvalue weighted by Gasteiger charge is 2.40. The molecule has 176 valence electrons. The number of hydrogen-bond donors (Lipinski definition) is 1. The number of amides is 2. The molecule has 6 heteroatoms. The highest BCUT2D eigenvalue weighted by Crippen LogP contribution is 2.42. The number of hydrogen-bond acceptors (Lipinski definition) is 4. The molecule has 0 spiro atoms. The molecule has 1 heterocycles. The van der Waals surface area contributed by atoms with Crippen molar-refractivity contribution in [3.63, 3.8) is 0 Å². The molecule has 1 saturated heterocycles. The van der Waals surface area contributed by atoms with Gasteiger partial charge in [-0.05, 0) is 54.7 Å². The van der Waals surface area contributed by atoms with Crippen molar-refractivity contribution < 1.29 is 9.59 Å². The van der Waals surface area contributed by atoms with E-state index in [9.17, 15) is 14.9 Å². The number of anilines is 2. The van der Waals surface area contributed by atoms with Gasteiger partial charge in [0.1, 0.15) is 16.7 Å². The van der Waals surface area contributed by atoms with Crippen LogP contribution in [0, 0.1) is 11.3 Å². The molecular weight excluding hydrogens is 454 g/mol. The zero-order valence-corrected chi connectivity index (χ0v) is 20.4. The molecule has 2 amide bonds. The fourth-order valence-corrected chi connectivity index (χ4v) is 5.26. The average Bonchev–Trinajstić information content (AvgIpc) is 3.20. The second-order valence-electron chi connectivity index (χ2n) is 8.35. The number of aryl methyl sites for hydroxylation is 1. The lowest BCUT2D eigenvalue weighted by Crippen LogP contribution is -2.30. The number of carbonyl (C=O) groups excluding carboxylic acids is 2. The fraction of sp³-hybridized carbons (Fsp3) is 0.207. The largest absolute Gasteiger partial charge is 0.321 e. The van der Waals surface area contributed by atoms with Crippen molar-refractivity contribution in [1.29, 1.82) is 5.26 Å². The van der Waals surface area contributed by atoms with Crippen molar-refractivity contribution >= 4 is 35.0 Å². The van der Waals surface area contributed by atoms with Crippen molar-refractivity contribution in [1.82, 2.24) is 0 Å². The summed E-state index contributed by atoms with van der Waals surface area (Å²) in [6, 6.07) is 28.6. The molecule has 1 fully saturated rings. The smallest absolute Gasteiger partial charge is 0.269 e. The molecule has 0 aromatic heterocycles. The molecule has 0 radical (unpaired) electrons. The number of benzene rings is 3. The third kappa shape index (κ3) is 5.82. The first-order valence-electron chi connectivity index (χ1n) is 11.7. The highest BCUT2D eigenvalue weighted by atomic mass is 32.2. The minimum absolute atomic E-state index is 0.0755. The maximum absolute atomic E-state index is 13.6. The van der Waals surface area contributed by atoms with Crippen molar-refractivity contribution in [2.45, 2.75) is 37.9 Å². The maximum Gasteiger partial charge on any atom is 0.269 e. The molecule has 0 saturated carbocycles. The van der Waals surface area contributed by atoms with E-state index in [0.717, 1.165) is 24.8 Å². The second-order valence-corrected chi connectivity index (χ2v) is 9.54. The Morgan fingerprint density at radius 2 is 1.60 bits per heavy atom. The lowest BCUT2D eigenvalue weighted by atomic mass is 10.0. The number of thioether (sulfide) groups is 1. The monoisotopic (exact) mass is 481 g/mol. The number of nitrogens with one attached hydrogen (secondary N) is 1. The van der Waals surface area contributed by atoms with E-state index < -0.39 is 11.2 Å². The first kappa shape index (κ1) is 24.3. The van der Waals surface area contributed by atoms with Crippen LogP contribution in [0.3, 0.4) is 0 Å². The van der Waals surface area contributed by atoms with Crippen LogP contribution in [-0.4, -0.2) is 17.1 Å². The van der Waals surface area contributed by atoms with E-state index in [1.54, 1.807) is 12.1 Å². The van der Waals surface area contributed by atoms with Gasteiger partial charge in [-0.25, -0.2) is 0 Å². The Morgan fingerprint density at radius 1 is 0.971 bits per heavy atom. The molecule has 0 bridgehead atoms. The Labute approximate surface area is 210 Å². The number of nitriles is 1. The molecule has 1 aliphatic heterocycles. The normalized spacial score (nSPS) is 16.6. The first-order valence-corrected chi connectivity index (χ1v) is 12.6. The first-order chi connectivity index (χ1) is 17.1. The van der Waals surface area contributed by atoms with Gasteiger partial charge in [0.05, 0.1) is 5.25 Å². The summed E-state index contributed by atoms with van der Waals surface area (Å²) >= 11 is 1.28. The van der Waals surface area contributed by atoms with Crippen LogP contribution in [0.25, 0.3) is 0 Å². The summed E-state index contributed by atoms with van der Waals surface area (Å²) in [5.41, 5.74) is 3.49. The van der Waals surface area contributed by atoms with Gasteiger partial charge in [0.15, 0.2) is 0 Å². The van der Waals surface area contributed by atoms with Crippen LogP contribution in [0.1, 0.15) is 30.9 Å². The van der Waals surface area contributed by atoms with Gasteiger partial charge in [-0.2, -0.15) is 5.26 Å². The third-order valence-electron chi connectivity index (χ3n) is 5.81. The Hall–Kier alpha value is -3.82. The van der Waals surface area contributed by atoms with Gasteiger partial charge in [-0.1, -0.05) is 85.8 Å².